The first-order valence-corrected chi connectivity index (χ1v) is 10.1. The molecule has 0 aromatic heterocycles. The van der Waals surface area contributed by atoms with Crippen LogP contribution in [0.15, 0.2) is 23.3 Å². The van der Waals surface area contributed by atoms with Gasteiger partial charge in [-0.2, -0.15) is 0 Å². The summed E-state index contributed by atoms with van der Waals surface area (Å²) in [7, 11) is 3.40. The summed E-state index contributed by atoms with van der Waals surface area (Å²) in [6, 6.07) is 0. The summed E-state index contributed by atoms with van der Waals surface area (Å²) < 4.78 is 23.6. The fraction of sp³-hybridized carbons (Fsp3) is 0.773. The summed E-state index contributed by atoms with van der Waals surface area (Å²) in [6.45, 7) is 8.35. The summed E-state index contributed by atoms with van der Waals surface area (Å²) in [4.78, 5) is 12.5. The van der Waals surface area contributed by atoms with Crippen molar-refractivity contribution in [1.29, 1.82) is 0 Å². The molecule has 3 fully saturated rings. The first-order chi connectivity index (χ1) is 12.8. The fourth-order valence-corrected chi connectivity index (χ4v) is 6.68. The molecule has 0 amide bonds. The lowest BCUT2D eigenvalue weighted by Gasteiger charge is -2.50. The quantitative estimate of drug-likeness (QED) is 0.424. The van der Waals surface area contributed by atoms with Gasteiger partial charge in [0.05, 0.1) is 0 Å². The molecule has 1 aliphatic heterocycles. The lowest BCUT2D eigenvalue weighted by molar-refractivity contribution is -0.276. The number of methoxy groups -OCH3 is 2. The highest BCUT2D eigenvalue weighted by Crippen LogP contribution is 2.74. The zero-order chi connectivity index (χ0) is 19.6. The molecule has 150 valence electrons. The van der Waals surface area contributed by atoms with E-state index in [0.717, 1.165) is 19.3 Å². The Labute approximate surface area is 162 Å². The molecule has 1 saturated heterocycles. The van der Waals surface area contributed by atoms with Gasteiger partial charge < -0.3 is 18.9 Å². The van der Waals surface area contributed by atoms with E-state index in [4.69, 9.17) is 18.9 Å². The van der Waals surface area contributed by atoms with Gasteiger partial charge in [0.1, 0.15) is 6.10 Å². The monoisotopic (exact) mass is 376 g/mol. The van der Waals surface area contributed by atoms with E-state index < -0.39 is 6.29 Å². The van der Waals surface area contributed by atoms with Gasteiger partial charge in [-0.05, 0) is 56.1 Å². The average Bonchev–Trinajstić information content (AvgIpc) is 3.12. The normalized spacial score (nSPS) is 44.7. The Morgan fingerprint density at radius 1 is 1.22 bits per heavy atom. The van der Waals surface area contributed by atoms with E-state index in [2.05, 4.69) is 19.9 Å². The van der Waals surface area contributed by atoms with Crippen LogP contribution in [0.25, 0.3) is 0 Å². The molecule has 5 nitrogen and oxygen atoms in total. The van der Waals surface area contributed by atoms with E-state index >= 15 is 0 Å². The van der Waals surface area contributed by atoms with Crippen LogP contribution in [0.5, 0.6) is 0 Å². The summed E-state index contributed by atoms with van der Waals surface area (Å²) in [5, 5.41) is 0. The van der Waals surface area contributed by atoms with Crippen molar-refractivity contribution >= 4 is 5.97 Å². The Morgan fingerprint density at radius 3 is 2.59 bits per heavy atom. The van der Waals surface area contributed by atoms with E-state index in [1.54, 1.807) is 27.2 Å². The van der Waals surface area contributed by atoms with Crippen molar-refractivity contribution in [3.63, 3.8) is 0 Å². The number of carbonyl (C=O) groups is 1. The number of allylic oxidation sites excluding steroid dienone is 1. The molecule has 27 heavy (non-hydrogen) atoms. The lowest BCUT2D eigenvalue weighted by Crippen LogP contribution is -2.52. The summed E-state index contributed by atoms with van der Waals surface area (Å²) in [5.74, 6) is 0.927. The SMILES string of the molecule is C/C=C(/C)C(=O)O[C@H]1C=C2[C@H](OC)O[C@@H](OC)[C@@H]3CC[C@@H]4C(C)(C)[C@@H]1C[C@@]243. The number of fused-ring (bicyclic) bond motifs is 1. The van der Waals surface area contributed by atoms with Gasteiger partial charge in [-0.15, -0.1) is 0 Å². The third-order valence-corrected chi connectivity index (χ3v) is 8.02. The van der Waals surface area contributed by atoms with Gasteiger partial charge in [0.25, 0.3) is 0 Å². The Bertz CT molecular complexity index is 693. The van der Waals surface area contributed by atoms with Crippen molar-refractivity contribution in [3.8, 4) is 0 Å². The highest BCUT2D eigenvalue weighted by atomic mass is 16.8. The van der Waals surface area contributed by atoms with Crippen LogP contribution in [-0.4, -0.2) is 38.9 Å². The lowest BCUT2D eigenvalue weighted by atomic mass is 9.63. The molecule has 0 unspecified atom stereocenters. The maximum absolute atomic E-state index is 12.5. The highest BCUT2D eigenvalue weighted by molar-refractivity contribution is 5.87. The molecular formula is C22H32O5. The minimum absolute atomic E-state index is 0.0340. The number of ether oxygens (including phenoxy) is 4. The molecule has 1 heterocycles. The zero-order valence-electron chi connectivity index (χ0n) is 17.3. The van der Waals surface area contributed by atoms with Gasteiger partial charge in [0, 0.05) is 37.0 Å². The van der Waals surface area contributed by atoms with E-state index in [1.807, 2.05) is 6.92 Å². The molecule has 0 aromatic carbocycles. The molecule has 1 spiro atoms. The Balaban J connectivity index is 1.79. The molecule has 0 N–H and O–H groups in total. The maximum atomic E-state index is 12.5. The van der Waals surface area contributed by atoms with Crippen molar-refractivity contribution in [1.82, 2.24) is 0 Å². The molecule has 7 atom stereocenters. The second kappa shape index (κ2) is 6.43. The van der Waals surface area contributed by atoms with E-state index in [1.165, 1.54) is 5.57 Å². The Kier molecular flexibility index (Phi) is 4.56. The minimum Gasteiger partial charge on any atom is -0.454 e. The molecule has 0 aromatic rings. The zero-order valence-corrected chi connectivity index (χ0v) is 17.3. The predicted octanol–water partition coefficient (Wildman–Crippen LogP) is 3.84. The summed E-state index contributed by atoms with van der Waals surface area (Å²) in [6.07, 6.45) is 6.30. The van der Waals surface area contributed by atoms with Crippen LogP contribution in [0.2, 0.25) is 0 Å². The standard InChI is InChI=1S/C22H32O5/c1-7-12(2)18(23)26-16-10-14-20(25-6)27-19(24-5)13-8-9-17-21(3,4)15(16)11-22(13,14)17/h7,10,13,15-17,19-20H,8-9,11H2,1-6H3/b12-7-/t13-,15+,16-,17+,19+,20+,22+/m0/s1. The van der Waals surface area contributed by atoms with Crippen LogP contribution in [0.3, 0.4) is 0 Å². The molecule has 2 bridgehead atoms. The molecule has 2 saturated carbocycles. The van der Waals surface area contributed by atoms with Crippen molar-refractivity contribution in [3.05, 3.63) is 23.3 Å². The second-order valence-corrected chi connectivity index (χ2v) is 9.18. The number of hydrogen-bond donors (Lipinski definition) is 0. The van der Waals surface area contributed by atoms with E-state index in [9.17, 15) is 4.79 Å². The second-order valence-electron chi connectivity index (χ2n) is 9.18. The van der Waals surface area contributed by atoms with Gasteiger partial charge in [-0.25, -0.2) is 4.79 Å². The van der Waals surface area contributed by atoms with Gasteiger partial charge >= 0.3 is 5.97 Å². The third-order valence-electron chi connectivity index (χ3n) is 8.02. The first-order valence-electron chi connectivity index (χ1n) is 10.1. The van der Waals surface area contributed by atoms with Gasteiger partial charge in [0.2, 0.25) is 0 Å². The van der Waals surface area contributed by atoms with Crippen molar-refractivity contribution in [2.24, 2.45) is 28.6 Å². The van der Waals surface area contributed by atoms with Crippen LogP contribution in [0.4, 0.5) is 0 Å². The smallest absolute Gasteiger partial charge is 0.333 e. The van der Waals surface area contributed by atoms with E-state index in [0.29, 0.717) is 23.3 Å². The largest absolute Gasteiger partial charge is 0.454 e. The van der Waals surface area contributed by atoms with Crippen molar-refractivity contribution in [2.45, 2.75) is 65.6 Å². The van der Waals surface area contributed by atoms with Crippen molar-refractivity contribution < 1.29 is 23.7 Å². The molecule has 0 radical (unpaired) electrons. The topological polar surface area (TPSA) is 54.0 Å². The average molecular weight is 376 g/mol. The van der Waals surface area contributed by atoms with Crippen LogP contribution in [0, 0.1) is 28.6 Å². The molecule has 3 aliphatic carbocycles. The number of carbonyl (C=O) groups excluding carboxylic acids is 1. The summed E-state index contributed by atoms with van der Waals surface area (Å²) in [5.41, 5.74) is 1.93. The molecule has 4 aliphatic rings. The Morgan fingerprint density at radius 2 is 1.96 bits per heavy atom. The molecule has 5 heteroatoms. The molecule has 4 rings (SSSR count). The Hall–Kier alpha value is -1.17. The van der Waals surface area contributed by atoms with Crippen molar-refractivity contribution in [2.75, 3.05) is 14.2 Å². The number of esters is 1. The fourth-order valence-electron chi connectivity index (χ4n) is 6.68. The third kappa shape index (κ3) is 2.44. The van der Waals surface area contributed by atoms with Gasteiger partial charge in [-0.3, -0.25) is 0 Å². The molecular weight excluding hydrogens is 344 g/mol. The van der Waals surface area contributed by atoms with Gasteiger partial charge in [0.15, 0.2) is 12.6 Å². The van der Waals surface area contributed by atoms with Crippen LogP contribution in [0.1, 0.15) is 47.0 Å². The minimum atomic E-state index is -0.439. The number of rotatable bonds is 4. The first kappa shape index (κ1) is 19.2. The van der Waals surface area contributed by atoms with Gasteiger partial charge in [-0.1, -0.05) is 19.9 Å². The summed E-state index contributed by atoms with van der Waals surface area (Å²) >= 11 is 0. The maximum Gasteiger partial charge on any atom is 0.333 e. The highest BCUT2D eigenvalue weighted by Gasteiger charge is 2.72. The van der Waals surface area contributed by atoms with Crippen LogP contribution in [-0.2, 0) is 23.7 Å². The van der Waals surface area contributed by atoms with Crippen LogP contribution >= 0.6 is 0 Å². The predicted molar refractivity (Wildman–Crippen MR) is 101 cm³/mol. The number of hydrogen-bond acceptors (Lipinski definition) is 5. The van der Waals surface area contributed by atoms with E-state index in [-0.39, 0.29) is 29.2 Å². The van der Waals surface area contributed by atoms with Crippen LogP contribution < -0.4 is 0 Å².